The van der Waals surface area contributed by atoms with Crippen molar-refractivity contribution in [3.05, 3.63) is 76.6 Å². The van der Waals surface area contributed by atoms with Gasteiger partial charge in [-0.05, 0) is 36.8 Å². The summed E-state index contributed by atoms with van der Waals surface area (Å²) < 4.78 is 5.36. The molecule has 0 atom stereocenters. The minimum atomic E-state index is -1.21. The van der Waals surface area contributed by atoms with Crippen LogP contribution in [0.1, 0.15) is 28.7 Å². The molecule has 0 saturated carbocycles. The summed E-state index contributed by atoms with van der Waals surface area (Å²) in [6.07, 6.45) is 0. The average molecular weight is 371 g/mol. The van der Waals surface area contributed by atoms with Crippen molar-refractivity contribution in [2.24, 2.45) is 5.16 Å². The molecule has 1 heterocycles. The van der Waals surface area contributed by atoms with Crippen LogP contribution in [-0.2, 0) is 11.4 Å². The highest BCUT2D eigenvalue weighted by Crippen LogP contribution is 2.22. The topological polar surface area (TPSA) is 84.9 Å². The van der Waals surface area contributed by atoms with Crippen LogP contribution < -0.4 is 0 Å². The van der Waals surface area contributed by atoms with Crippen LogP contribution in [0.5, 0.6) is 0 Å². The second-order valence-corrected chi connectivity index (χ2v) is 5.86. The van der Waals surface area contributed by atoms with Crippen molar-refractivity contribution >= 4 is 23.3 Å². The smallest absolute Gasteiger partial charge is 0.373 e. The van der Waals surface area contributed by atoms with Gasteiger partial charge in [-0.25, -0.2) is 9.78 Å². The van der Waals surface area contributed by atoms with Crippen molar-refractivity contribution in [1.29, 1.82) is 0 Å². The maximum atomic E-state index is 11.4. The number of nitrogens with zero attached hydrogens (tertiary/aromatic N) is 2. The van der Waals surface area contributed by atoms with Crippen LogP contribution in [0.3, 0.4) is 0 Å². The Hall–Kier alpha value is -3.12. The highest BCUT2D eigenvalue weighted by molar-refractivity contribution is 6.30. The van der Waals surface area contributed by atoms with Gasteiger partial charge in [-0.15, -0.1) is 0 Å². The summed E-state index contributed by atoms with van der Waals surface area (Å²) in [6, 6.07) is 16.2. The van der Waals surface area contributed by atoms with E-state index in [2.05, 4.69) is 10.1 Å². The summed E-state index contributed by atoms with van der Waals surface area (Å²) in [5.41, 5.74) is 2.33. The first-order valence-corrected chi connectivity index (χ1v) is 8.13. The summed E-state index contributed by atoms with van der Waals surface area (Å²) in [5.74, 6) is -1.25. The molecule has 0 spiro atoms. The van der Waals surface area contributed by atoms with Gasteiger partial charge in [-0.1, -0.05) is 47.1 Å². The highest BCUT2D eigenvalue weighted by atomic mass is 35.5. The van der Waals surface area contributed by atoms with Crippen molar-refractivity contribution in [3.63, 3.8) is 0 Å². The number of hydrogen-bond acceptors (Lipinski definition) is 5. The number of hydrogen-bond donors (Lipinski definition) is 1. The number of halogens is 1. The molecule has 0 bridgehead atoms. The minimum absolute atomic E-state index is 0.122. The van der Waals surface area contributed by atoms with Gasteiger partial charge < -0.3 is 14.4 Å². The van der Waals surface area contributed by atoms with Crippen molar-refractivity contribution in [3.8, 4) is 11.5 Å². The van der Waals surface area contributed by atoms with Crippen LogP contribution in [0.25, 0.3) is 11.5 Å². The molecule has 26 heavy (non-hydrogen) atoms. The van der Waals surface area contributed by atoms with Gasteiger partial charge in [-0.2, -0.15) is 0 Å². The van der Waals surface area contributed by atoms with E-state index >= 15 is 0 Å². The molecule has 3 rings (SSSR count). The lowest BCUT2D eigenvalue weighted by atomic mass is 10.1. The summed E-state index contributed by atoms with van der Waals surface area (Å²) in [4.78, 5) is 20.9. The maximum Gasteiger partial charge on any atom is 0.373 e. The van der Waals surface area contributed by atoms with Crippen LogP contribution in [-0.4, -0.2) is 21.8 Å². The minimum Gasteiger partial charge on any atom is -0.475 e. The molecule has 132 valence electrons. The molecular weight excluding hydrogens is 356 g/mol. The number of aromatic nitrogens is 1. The summed E-state index contributed by atoms with van der Waals surface area (Å²) in [6.45, 7) is 1.66. The van der Waals surface area contributed by atoms with Gasteiger partial charge in [0.2, 0.25) is 11.7 Å². The molecule has 1 N–H and O–H groups in total. The van der Waals surface area contributed by atoms with E-state index in [9.17, 15) is 9.90 Å². The van der Waals surface area contributed by atoms with Crippen LogP contribution in [0.2, 0.25) is 5.02 Å². The zero-order valence-electron chi connectivity index (χ0n) is 13.8. The van der Waals surface area contributed by atoms with Crippen molar-refractivity contribution in [2.45, 2.75) is 13.5 Å². The third-order valence-corrected chi connectivity index (χ3v) is 3.83. The van der Waals surface area contributed by atoms with Crippen LogP contribution in [0.15, 0.2) is 64.2 Å². The van der Waals surface area contributed by atoms with E-state index in [-0.39, 0.29) is 24.0 Å². The molecule has 6 nitrogen and oxygen atoms in total. The summed E-state index contributed by atoms with van der Waals surface area (Å²) in [7, 11) is 0. The summed E-state index contributed by atoms with van der Waals surface area (Å²) in [5, 5.41) is 13.9. The average Bonchev–Trinajstić information content (AvgIpc) is 3.07. The van der Waals surface area contributed by atoms with Crippen molar-refractivity contribution in [2.75, 3.05) is 0 Å². The Morgan fingerprint density at radius 1 is 1.19 bits per heavy atom. The van der Waals surface area contributed by atoms with E-state index in [0.29, 0.717) is 16.3 Å². The van der Waals surface area contributed by atoms with E-state index < -0.39 is 5.97 Å². The van der Waals surface area contributed by atoms with E-state index in [0.717, 1.165) is 5.56 Å². The highest BCUT2D eigenvalue weighted by Gasteiger charge is 2.20. The fourth-order valence-corrected chi connectivity index (χ4v) is 2.38. The van der Waals surface area contributed by atoms with Crippen molar-refractivity contribution in [1.82, 2.24) is 4.98 Å². The van der Waals surface area contributed by atoms with Crippen LogP contribution in [0.4, 0.5) is 0 Å². The normalized spacial score (nSPS) is 11.4. The molecular formula is C19H15ClN2O4. The first-order chi connectivity index (χ1) is 12.5. The van der Waals surface area contributed by atoms with Crippen LogP contribution in [0, 0.1) is 0 Å². The third kappa shape index (κ3) is 4.10. The van der Waals surface area contributed by atoms with E-state index in [1.807, 2.05) is 30.3 Å². The molecule has 0 aliphatic rings. The maximum absolute atomic E-state index is 11.4. The number of oxime groups is 1. The fraction of sp³-hybridized carbons (Fsp3) is 0.105. The lowest BCUT2D eigenvalue weighted by molar-refractivity contribution is 0.0652. The van der Waals surface area contributed by atoms with E-state index in [4.69, 9.17) is 20.9 Å². The Labute approximate surface area is 154 Å². The third-order valence-electron chi connectivity index (χ3n) is 3.58. The van der Waals surface area contributed by atoms with Gasteiger partial charge in [-0.3, -0.25) is 0 Å². The molecule has 3 aromatic rings. The lowest BCUT2D eigenvalue weighted by Gasteiger charge is -2.01. The molecule has 0 radical (unpaired) electrons. The number of oxazole rings is 1. The molecule has 0 saturated heterocycles. The van der Waals surface area contributed by atoms with Gasteiger partial charge in [0.05, 0.1) is 5.71 Å². The number of rotatable bonds is 6. The number of carboxylic acid groups (broad SMARTS) is 1. The monoisotopic (exact) mass is 370 g/mol. The predicted octanol–water partition coefficient (Wildman–Crippen LogP) is 4.63. The SMILES string of the molecule is CC(=NOCc1nc(-c2ccccc2)oc1C(=O)O)c1ccc(Cl)cc1. The number of carboxylic acids is 1. The zero-order valence-corrected chi connectivity index (χ0v) is 14.6. The zero-order chi connectivity index (χ0) is 18.5. The quantitative estimate of drug-likeness (QED) is 0.505. The van der Waals surface area contributed by atoms with Gasteiger partial charge >= 0.3 is 5.97 Å². The first-order valence-electron chi connectivity index (χ1n) is 7.75. The largest absolute Gasteiger partial charge is 0.475 e. The Balaban J connectivity index is 1.77. The Kier molecular flexibility index (Phi) is 5.34. The van der Waals surface area contributed by atoms with Gasteiger partial charge in [0.1, 0.15) is 5.69 Å². The van der Waals surface area contributed by atoms with Gasteiger partial charge in [0.15, 0.2) is 6.61 Å². The molecule has 0 fully saturated rings. The van der Waals surface area contributed by atoms with Crippen molar-refractivity contribution < 1.29 is 19.2 Å². The molecule has 0 aliphatic carbocycles. The first kappa shape index (κ1) is 17.7. The number of carbonyl (C=O) groups is 1. The molecule has 1 aromatic heterocycles. The number of aromatic carboxylic acids is 1. The molecule has 0 amide bonds. The standard InChI is InChI=1S/C19H15ClN2O4/c1-12(13-7-9-15(20)10-8-13)22-25-11-16-17(19(23)24)26-18(21-16)14-5-3-2-4-6-14/h2-10H,11H2,1H3,(H,23,24). The predicted molar refractivity (Wildman–Crippen MR) is 97.4 cm³/mol. The van der Waals surface area contributed by atoms with Crippen LogP contribution >= 0.6 is 11.6 Å². The molecule has 7 heteroatoms. The summed E-state index contributed by atoms with van der Waals surface area (Å²) >= 11 is 5.86. The second kappa shape index (κ2) is 7.84. The lowest BCUT2D eigenvalue weighted by Crippen LogP contribution is -2.02. The molecule has 0 unspecified atom stereocenters. The van der Waals surface area contributed by atoms with E-state index in [1.165, 1.54) is 0 Å². The fourth-order valence-electron chi connectivity index (χ4n) is 2.25. The Morgan fingerprint density at radius 2 is 1.88 bits per heavy atom. The van der Waals surface area contributed by atoms with Gasteiger partial charge in [0.25, 0.3) is 0 Å². The Morgan fingerprint density at radius 3 is 2.54 bits per heavy atom. The van der Waals surface area contributed by atoms with E-state index in [1.54, 1.807) is 31.2 Å². The number of benzene rings is 2. The van der Waals surface area contributed by atoms with Gasteiger partial charge in [0, 0.05) is 10.6 Å². The molecule has 2 aromatic carbocycles. The Bertz CT molecular complexity index is 934. The molecule has 0 aliphatic heterocycles. The second-order valence-electron chi connectivity index (χ2n) is 5.42.